The smallest absolute Gasteiger partial charge is 0.330 e. The van der Waals surface area contributed by atoms with E-state index in [-0.39, 0.29) is 11.6 Å². The Morgan fingerprint density at radius 2 is 1.64 bits per heavy atom. The highest BCUT2D eigenvalue weighted by Gasteiger charge is 2.40. The molecule has 2 N–H and O–H groups in total. The number of hydrogen-bond acceptors (Lipinski definition) is 7. The van der Waals surface area contributed by atoms with Crippen LogP contribution in [0.25, 0.3) is 0 Å². The highest BCUT2D eigenvalue weighted by atomic mass is 28.4. The first-order valence-electron chi connectivity index (χ1n) is 11.0. The van der Waals surface area contributed by atoms with Crippen molar-refractivity contribution in [1.29, 1.82) is 0 Å². The Morgan fingerprint density at radius 1 is 1.03 bits per heavy atom. The second kappa shape index (κ2) is 13.1. The summed E-state index contributed by atoms with van der Waals surface area (Å²) in [7, 11) is 0.658. The van der Waals surface area contributed by atoms with Crippen LogP contribution in [0.15, 0.2) is 48.6 Å². The molecule has 4 atom stereocenters. The molecule has 1 aromatic rings. The molecular formula is C25H40O7Si. The van der Waals surface area contributed by atoms with Crippen molar-refractivity contribution < 1.29 is 33.6 Å². The van der Waals surface area contributed by atoms with Crippen molar-refractivity contribution in [1.82, 2.24) is 0 Å². The van der Waals surface area contributed by atoms with Gasteiger partial charge in [0.1, 0.15) is 11.9 Å². The topological polar surface area (TPSA) is 94.5 Å². The Balaban J connectivity index is 3.26. The molecule has 0 spiro atoms. The fourth-order valence-corrected chi connectivity index (χ4v) is 3.78. The van der Waals surface area contributed by atoms with Crippen LogP contribution in [-0.4, -0.2) is 63.1 Å². The molecule has 0 aromatic heterocycles. The van der Waals surface area contributed by atoms with Gasteiger partial charge in [0.2, 0.25) is 0 Å². The van der Waals surface area contributed by atoms with Gasteiger partial charge in [0, 0.05) is 6.08 Å². The van der Waals surface area contributed by atoms with Crippen molar-refractivity contribution in [2.45, 2.75) is 76.8 Å². The lowest BCUT2D eigenvalue weighted by Crippen LogP contribution is -2.46. The fourth-order valence-electron chi connectivity index (χ4n) is 2.53. The first kappa shape index (κ1) is 29.1. The number of carbonyl (C=O) groups excluding carboxylic acids is 1. The molecule has 0 radical (unpaired) electrons. The molecule has 33 heavy (non-hydrogen) atoms. The van der Waals surface area contributed by atoms with Gasteiger partial charge in [-0.3, -0.25) is 0 Å². The van der Waals surface area contributed by atoms with Crippen molar-refractivity contribution in [3.63, 3.8) is 0 Å². The van der Waals surface area contributed by atoms with Gasteiger partial charge in [-0.05, 0) is 48.8 Å². The third-order valence-electron chi connectivity index (χ3n) is 5.78. The van der Waals surface area contributed by atoms with Crippen molar-refractivity contribution >= 4 is 14.3 Å². The number of methoxy groups -OCH3 is 2. The molecule has 0 amide bonds. The molecule has 1 rings (SSSR count). The molecule has 0 aliphatic carbocycles. The summed E-state index contributed by atoms with van der Waals surface area (Å²) in [6.07, 6.45) is 2.88. The van der Waals surface area contributed by atoms with Gasteiger partial charge >= 0.3 is 5.97 Å². The second-order valence-corrected chi connectivity index (χ2v) is 14.2. The van der Waals surface area contributed by atoms with Gasteiger partial charge in [-0.25, -0.2) is 4.79 Å². The predicted molar refractivity (Wildman–Crippen MR) is 132 cm³/mol. The lowest BCUT2D eigenvalue weighted by Gasteiger charge is -2.40. The minimum Gasteiger partial charge on any atom is -0.497 e. The van der Waals surface area contributed by atoms with Gasteiger partial charge in [-0.2, -0.15) is 0 Å². The van der Waals surface area contributed by atoms with Crippen LogP contribution in [0.4, 0.5) is 0 Å². The van der Waals surface area contributed by atoms with Crippen molar-refractivity contribution in [3.05, 3.63) is 54.1 Å². The van der Waals surface area contributed by atoms with Crippen LogP contribution in [-0.2, 0) is 25.3 Å². The van der Waals surface area contributed by atoms with E-state index in [9.17, 15) is 15.0 Å². The van der Waals surface area contributed by atoms with E-state index in [1.54, 1.807) is 19.3 Å². The monoisotopic (exact) mass is 480 g/mol. The van der Waals surface area contributed by atoms with Crippen molar-refractivity contribution in [3.8, 4) is 5.75 Å². The average molecular weight is 481 g/mol. The van der Waals surface area contributed by atoms with Gasteiger partial charge in [0.15, 0.2) is 8.32 Å². The average Bonchev–Trinajstić information content (AvgIpc) is 2.75. The molecule has 0 fully saturated rings. The van der Waals surface area contributed by atoms with E-state index in [0.717, 1.165) is 11.3 Å². The summed E-state index contributed by atoms with van der Waals surface area (Å²) in [5, 5.41) is 19.7. The summed E-state index contributed by atoms with van der Waals surface area (Å²) in [4.78, 5) is 11.8. The van der Waals surface area contributed by atoms with E-state index < -0.39 is 38.7 Å². The minimum absolute atomic E-state index is 0.0748. The van der Waals surface area contributed by atoms with Gasteiger partial charge in [0.25, 0.3) is 0 Å². The summed E-state index contributed by atoms with van der Waals surface area (Å²) < 4.78 is 22.7. The van der Waals surface area contributed by atoms with Crippen LogP contribution in [0, 0.1) is 0 Å². The quantitative estimate of drug-likeness (QED) is 0.202. The number of benzene rings is 1. The fraction of sp³-hybridized carbons (Fsp3) is 0.560. The van der Waals surface area contributed by atoms with Crippen LogP contribution in [0.2, 0.25) is 18.1 Å². The summed E-state index contributed by atoms with van der Waals surface area (Å²) >= 11 is 0. The number of carbonyl (C=O) groups is 1. The Labute approximate surface area is 199 Å². The maximum absolute atomic E-state index is 11.8. The van der Waals surface area contributed by atoms with Crippen LogP contribution in [0.5, 0.6) is 5.75 Å². The third kappa shape index (κ3) is 9.81. The van der Waals surface area contributed by atoms with E-state index in [1.807, 2.05) is 24.3 Å². The molecule has 0 unspecified atom stereocenters. The van der Waals surface area contributed by atoms with Crippen LogP contribution in [0.3, 0.4) is 0 Å². The molecule has 0 bridgehead atoms. The number of rotatable bonds is 12. The van der Waals surface area contributed by atoms with Gasteiger partial charge < -0.3 is 28.8 Å². The first-order chi connectivity index (χ1) is 15.3. The largest absolute Gasteiger partial charge is 0.497 e. The second-order valence-electron chi connectivity index (χ2n) is 9.46. The van der Waals surface area contributed by atoms with Crippen LogP contribution in [0.1, 0.15) is 33.3 Å². The van der Waals surface area contributed by atoms with Crippen molar-refractivity contribution in [2.24, 2.45) is 0 Å². The Kier molecular flexibility index (Phi) is 11.5. The standard InChI is InChI=1S/C25H40O7Si/c1-18(26)21(27)13-14-23(32-33(7,8)25(2,3)4)22(15-16-24(28)30-6)31-17-19-9-11-20(29-5)12-10-19/h9-16,18,21-23,26-27H,17H2,1-8H3/b14-13+,16-15-/t18-,21-,22+,23+/m0/s1. The number of aliphatic hydroxyl groups is 2. The maximum Gasteiger partial charge on any atom is 0.330 e. The first-order valence-corrected chi connectivity index (χ1v) is 13.9. The van der Waals surface area contributed by atoms with Gasteiger partial charge in [0.05, 0.1) is 39.1 Å². The maximum atomic E-state index is 11.8. The number of aliphatic hydroxyl groups excluding tert-OH is 2. The molecule has 186 valence electrons. The van der Waals surface area contributed by atoms with Gasteiger partial charge in [-0.15, -0.1) is 0 Å². The molecule has 0 saturated carbocycles. The zero-order chi connectivity index (χ0) is 25.2. The highest BCUT2D eigenvalue weighted by molar-refractivity contribution is 6.74. The molecule has 0 aliphatic rings. The van der Waals surface area contributed by atoms with E-state index in [4.69, 9.17) is 18.6 Å². The van der Waals surface area contributed by atoms with Crippen LogP contribution >= 0.6 is 0 Å². The Hall–Kier alpha value is -1.97. The molecule has 1 aromatic carbocycles. The lowest BCUT2D eigenvalue weighted by atomic mass is 10.1. The number of esters is 1. The summed E-state index contributed by atoms with van der Waals surface area (Å²) in [5.41, 5.74) is 0.923. The predicted octanol–water partition coefficient (Wildman–Crippen LogP) is 4.00. The Morgan fingerprint density at radius 3 is 2.12 bits per heavy atom. The molecule has 0 saturated heterocycles. The van der Waals surface area contributed by atoms with E-state index in [1.165, 1.54) is 26.2 Å². The SMILES string of the molecule is COC(=O)/C=C\[C@@H](OCc1ccc(OC)cc1)[C@@H](/C=C/[C@H](O)[C@H](C)O)O[Si](C)(C)C(C)(C)C. The zero-order valence-corrected chi connectivity index (χ0v) is 22.1. The molecule has 0 heterocycles. The van der Waals surface area contributed by atoms with E-state index >= 15 is 0 Å². The van der Waals surface area contributed by atoms with E-state index in [0.29, 0.717) is 0 Å². The van der Waals surface area contributed by atoms with Crippen molar-refractivity contribution in [2.75, 3.05) is 14.2 Å². The van der Waals surface area contributed by atoms with E-state index in [2.05, 4.69) is 33.9 Å². The Bertz CT molecular complexity index is 779. The minimum atomic E-state index is -2.26. The summed E-state index contributed by atoms with van der Waals surface area (Å²) in [5.74, 6) is 0.238. The lowest BCUT2D eigenvalue weighted by molar-refractivity contribution is -0.134. The summed E-state index contributed by atoms with van der Waals surface area (Å²) in [6, 6.07) is 7.49. The zero-order valence-electron chi connectivity index (χ0n) is 21.1. The molecule has 0 aliphatic heterocycles. The number of ether oxygens (including phenoxy) is 3. The molecule has 8 heteroatoms. The number of hydrogen-bond donors (Lipinski definition) is 2. The normalized spacial score (nSPS) is 16.5. The molecule has 7 nitrogen and oxygen atoms in total. The van der Waals surface area contributed by atoms with Gasteiger partial charge in [-0.1, -0.05) is 45.1 Å². The summed E-state index contributed by atoms with van der Waals surface area (Å²) in [6.45, 7) is 12.4. The highest BCUT2D eigenvalue weighted by Crippen LogP contribution is 2.38. The van der Waals surface area contributed by atoms with Crippen LogP contribution < -0.4 is 4.74 Å². The molecular weight excluding hydrogens is 440 g/mol. The third-order valence-corrected chi connectivity index (χ3v) is 10.3.